The van der Waals surface area contributed by atoms with E-state index in [1.54, 1.807) is 0 Å². The Morgan fingerprint density at radius 3 is 2.84 bits per heavy atom. The molecule has 4 nitrogen and oxygen atoms in total. The van der Waals surface area contributed by atoms with E-state index in [2.05, 4.69) is 34.2 Å². The van der Waals surface area contributed by atoms with Gasteiger partial charge in [-0.15, -0.1) is 0 Å². The molecule has 3 rings (SSSR count). The van der Waals surface area contributed by atoms with Gasteiger partial charge in [0, 0.05) is 26.0 Å². The van der Waals surface area contributed by atoms with E-state index in [1.807, 2.05) is 30.2 Å². The van der Waals surface area contributed by atoms with Gasteiger partial charge in [0.2, 0.25) is 0 Å². The lowest BCUT2D eigenvalue weighted by Gasteiger charge is -2.11. The second-order valence-corrected chi connectivity index (χ2v) is 5.51. The Morgan fingerprint density at radius 2 is 2.16 bits per heavy atom. The summed E-state index contributed by atoms with van der Waals surface area (Å²) in [5.74, 6) is 0.784. The number of hydrogen-bond donors (Lipinski definition) is 0. The minimum absolute atomic E-state index is 0.784. The molecule has 0 amide bonds. The van der Waals surface area contributed by atoms with Gasteiger partial charge in [0.25, 0.3) is 0 Å². The van der Waals surface area contributed by atoms with Crippen LogP contribution in [0.1, 0.15) is 12.0 Å². The van der Waals surface area contributed by atoms with Crippen molar-refractivity contribution in [3.05, 3.63) is 36.2 Å². The fourth-order valence-corrected chi connectivity index (χ4v) is 2.89. The Balaban J connectivity index is 1.79. The zero-order valence-electron chi connectivity index (χ0n) is 11.6. The molecule has 3 heterocycles. The van der Waals surface area contributed by atoms with Gasteiger partial charge in [-0.1, -0.05) is 0 Å². The van der Waals surface area contributed by atoms with E-state index in [0.29, 0.717) is 0 Å². The lowest BCUT2D eigenvalue weighted by molar-refractivity contribution is 0.394. The Kier molecular flexibility index (Phi) is 3.34. The number of nitrogens with zero attached hydrogens (tertiary/aromatic N) is 4. The first kappa shape index (κ1) is 12.4. The van der Waals surface area contributed by atoms with Crippen LogP contribution in [0.3, 0.4) is 0 Å². The molecule has 0 radical (unpaired) electrons. The molecule has 1 aliphatic rings. The summed E-state index contributed by atoms with van der Waals surface area (Å²) in [5, 5.41) is 4.21. The fourth-order valence-electron chi connectivity index (χ4n) is 2.89. The molecule has 4 heteroatoms. The topological polar surface area (TPSA) is 34.0 Å². The average molecular weight is 256 g/mol. The van der Waals surface area contributed by atoms with Crippen molar-refractivity contribution >= 4 is 0 Å². The van der Waals surface area contributed by atoms with E-state index in [0.717, 1.165) is 23.7 Å². The summed E-state index contributed by atoms with van der Waals surface area (Å²) in [6.07, 6.45) is 6.18. The number of rotatable bonds is 3. The first-order valence-electron chi connectivity index (χ1n) is 6.84. The third-order valence-corrected chi connectivity index (χ3v) is 3.92. The van der Waals surface area contributed by atoms with Gasteiger partial charge in [0.1, 0.15) is 0 Å². The van der Waals surface area contributed by atoms with Gasteiger partial charge in [-0.3, -0.25) is 9.67 Å². The maximum absolute atomic E-state index is 4.46. The summed E-state index contributed by atoms with van der Waals surface area (Å²) >= 11 is 0. The first-order valence-corrected chi connectivity index (χ1v) is 6.84. The number of aryl methyl sites for hydroxylation is 1. The Morgan fingerprint density at radius 1 is 1.26 bits per heavy atom. The van der Waals surface area contributed by atoms with E-state index in [-0.39, 0.29) is 0 Å². The highest BCUT2D eigenvalue weighted by Gasteiger charge is 2.19. The van der Waals surface area contributed by atoms with Crippen molar-refractivity contribution in [3.8, 4) is 11.4 Å². The van der Waals surface area contributed by atoms with E-state index in [1.165, 1.54) is 25.1 Å². The van der Waals surface area contributed by atoms with Crippen LogP contribution in [-0.2, 0) is 13.5 Å². The molecule has 0 aromatic carbocycles. The first-order chi connectivity index (χ1) is 9.22. The minimum atomic E-state index is 0.784. The SMILES string of the molecule is CN1CCC(Cc2ccnc(-c3ccnn3C)c2)C1. The molecule has 1 aliphatic heterocycles. The van der Waals surface area contributed by atoms with Crippen LogP contribution in [0.5, 0.6) is 0 Å². The molecule has 1 fully saturated rings. The summed E-state index contributed by atoms with van der Waals surface area (Å²) < 4.78 is 1.87. The Hall–Kier alpha value is -1.68. The second kappa shape index (κ2) is 5.13. The lowest BCUT2D eigenvalue weighted by Crippen LogP contribution is -2.15. The summed E-state index contributed by atoms with van der Waals surface area (Å²) in [6.45, 7) is 2.44. The Bertz CT molecular complexity index is 561. The minimum Gasteiger partial charge on any atom is -0.306 e. The van der Waals surface area contributed by atoms with Crippen molar-refractivity contribution in [3.63, 3.8) is 0 Å². The molecular weight excluding hydrogens is 236 g/mol. The van der Waals surface area contributed by atoms with Crippen LogP contribution in [0, 0.1) is 5.92 Å². The van der Waals surface area contributed by atoms with Gasteiger partial charge in [-0.2, -0.15) is 5.10 Å². The highest BCUT2D eigenvalue weighted by molar-refractivity contribution is 5.54. The van der Waals surface area contributed by atoms with Crippen molar-refractivity contribution in [2.24, 2.45) is 13.0 Å². The summed E-state index contributed by atoms with van der Waals surface area (Å²) in [6, 6.07) is 6.35. The van der Waals surface area contributed by atoms with Crippen molar-refractivity contribution in [1.82, 2.24) is 19.7 Å². The predicted molar refractivity (Wildman–Crippen MR) is 75.7 cm³/mol. The van der Waals surface area contributed by atoms with Crippen molar-refractivity contribution in [2.45, 2.75) is 12.8 Å². The monoisotopic (exact) mass is 256 g/mol. The molecular formula is C15H20N4. The third-order valence-electron chi connectivity index (χ3n) is 3.92. The molecule has 2 aromatic heterocycles. The van der Waals surface area contributed by atoms with E-state index >= 15 is 0 Å². The molecule has 0 bridgehead atoms. The van der Waals surface area contributed by atoms with E-state index < -0.39 is 0 Å². The van der Waals surface area contributed by atoms with Crippen LogP contribution in [0.4, 0.5) is 0 Å². The predicted octanol–water partition coefficient (Wildman–Crippen LogP) is 1.98. The summed E-state index contributed by atoms with van der Waals surface area (Å²) in [7, 11) is 4.16. The van der Waals surface area contributed by atoms with Crippen molar-refractivity contribution < 1.29 is 0 Å². The van der Waals surface area contributed by atoms with Crippen LogP contribution in [0.2, 0.25) is 0 Å². The maximum Gasteiger partial charge on any atom is 0.0885 e. The van der Waals surface area contributed by atoms with Gasteiger partial charge in [0.05, 0.1) is 11.4 Å². The van der Waals surface area contributed by atoms with Crippen LogP contribution in [0.15, 0.2) is 30.6 Å². The van der Waals surface area contributed by atoms with Gasteiger partial charge in [0.15, 0.2) is 0 Å². The van der Waals surface area contributed by atoms with Gasteiger partial charge >= 0.3 is 0 Å². The summed E-state index contributed by atoms with van der Waals surface area (Å²) in [5.41, 5.74) is 3.47. The molecule has 1 atom stereocenters. The Labute approximate surface area is 114 Å². The molecule has 0 saturated carbocycles. The normalized spacial score (nSPS) is 20.0. The fraction of sp³-hybridized carbons (Fsp3) is 0.467. The molecule has 0 spiro atoms. The van der Waals surface area contributed by atoms with Crippen LogP contribution >= 0.6 is 0 Å². The largest absolute Gasteiger partial charge is 0.306 e. The molecule has 0 aliphatic carbocycles. The number of hydrogen-bond acceptors (Lipinski definition) is 3. The third kappa shape index (κ3) is 2.68. The van der Waals surface area contributed by atoms with Crippen LogP contribution < -0.4 is 0 Å². The number of likely N-dealkylation sites (tertiary alicyclic amines) is 1. The van der Waals surface area contributed by atoms with Crippen LogP contribution in [0.25, 0.3) is 11.4 Å². The van der Waals surface area contributed by atoms with Gasteiger partial charge in [-0.25, -0.2) is 0 Å². The smallest absolute Gasteiger partial charge is 0.0885 e. The molecule has 1 unspecified atom stereocenters. The molecule has 19 heavy (non-hydrogen) atoms. The van der Waals surface area contributed by atoms with Gasteiger partial charge in [-0.05, 0) is 56.1 Å². The molecule has 2 aromatic rings. The standard InChI is InChI=1S/C15H20N4/c1-18-8-5-13(11-18)9-12-3-6-16-14(10-12)15-4-7-17-19(15)2/h3-4,6-7,10,13H,5,8-9,11H2,1-2H3. The summed E-state index contributed by atoms with van der Waals surface area (Å²) in [4.78, 5) is 6.87. The maximum atomic E-state index is 4.46. The number of aromatic nitrogens is 3. The quantitative estimate of drug-likeness (QED) is 0.842. The van der Waals surface area contributed by atoms with E-state index in [9.17, 15) is 0 Å². The van der Waals surface area contributed by atoms with Gasteiger partial charge < -0.3 is 4.90 Å². The average Bonchev–Trinajstić information content (AvgIpc) is 2.99. The zero-order chi connectivity index (χ0) is 13.2. The zero-order valence-corrected chi connectivity index (χ0v) is 11.6. The van der Waals surface area contributed by atoms with Crippen molar-refractivity contribution in [2.75, 3.05) is 20.1 Å². The molecule has 0 N–H and O–H groups in total. The van der Waals surface area contributed by atoms with Crippen LogP contribution in [-0.4, -0.2) is 39.8 Å². The lowest BCUT2D eigenvalue weighted by atomic mass is 9.98. The van der Waals surface area contributed by atoms with Crippen molar-refractivity contribution in [1.29, 1.82) is 0 Å². The second-order valence-electron chi connectivity index (χ2n) is 5.51. The number of pyridine rings is 1. The molecule has 1 saturated heterocycles. The van der Waals surface area contributed by atoms with E-state index in [4.69, 9.17) is 0 Å². The molecule has 100 valence electrons. The highest BCUT2D eigenvalue weighted by Crippen LogP contribution is 2.22. The highest BCUT2D eigenvalue weighted by atomic mass is 15.3.